The molecule has 0 saturated carbocycles. The lowest BCUT2D eigenvalue weighted by molar-refractivity contribution is 0.538. The Kier molecular flexibility index (Phi) is 2.23. The molecular formula is C9H9NO4S2. The van der Waals surface area contributed by atoms with Crippen molar-refractivity contribution in [3.63, 3.8) is 0 Å². The molecule has 0 N–H and O–H groups in total. The molecule has 0 radical (unpaired) electrons. The Labute approximate surface area is 94.1 Å². The van der Waals surface area contributed by atoms with Crippen molar-refractivity contribution in [1.29, 1.82) is 0 Å². The zero-order valence-electron chi connectivity index (χ0n) is 8.41. The Hall–Kier alpha value is -1.18. The Balaban J connectivity index is 2.92. The fraction of sp³-hybridized carbons (Fsp3) is 0.111. The summed E-state index contributed by atoms with van der Waals surface area (Å²) in [6.45, 7) is 3.50. The number of rotatable bonds is 1. The molecule has 1 aliphatic rings. The second kappa shape index (κ2) is 3.16. The van der Waals surface area contributed by atoms with Gasteiger partial charge in [-0.25, -0.2) is 16.8 Å². The highest BCUT2D eigenvalue weighted by Crippen LogP contribution is 2.35. The number of hydrogen-bond donors (Lipinski definition) is 0. The van der Waals surface area contributed by atoms with Gasteiger partial charge in [0.25, 0.3) is 20.0 Å². The van der Waals surface area contributed by atoms with Gasteiger partial charge >= 0.3 is 0 Å². The summed E-state index contributed by atoms with van der Waals surface area (Å²) in [6.07, 6.45) is 1.46. The third kappa shape index (κ3) is 1.25. The molecule has 0 unspecified atom stereocenters. The van der Waals surface area contributed by atoms with Crippen LogP contribution in [0.3, 0.4) is 0 Å². The topological polar surface area (TPSA) is 71.5 Å². The number of hydrogen-bond acceptors (Lipinski definition) is 4. The van der Waals surface area contributed by atoms with E-state index in [0.717, 1.165) is 7.05 Å². The van der Waals surface area contributed by atoms with Crippen LogP contribution in [-0.4, -0.2) is 27.6 Å². The van der Waals surface area contributed by atoms with Crippen LogP contribution >= 0.6 is 0 Å². The summed E-state index contributed by atoms with van der Waals surface area (Å²) in [4.78, 5) is -0.368. The molecule has 86 valence electrons. The molecule has 5 nitrogen and oxygen atoms in total. The highest BCUT2D eigenvalue weighted by atomic mass is 32.3. The summed E-state index contributed by atoms with van der Waals surface area (Å²) >= 11 is 0. The van der Waals surface area contributed by atoms with E-state index in [4.69, 9.17) is 0 Å². The number of sulfonamides is 2. The van der Waals surface area contributed by atoms with Gasteiger partial charge in [0.2, 0.25) is 0 Å². The lowest BCUT2D eigenvalue weighted by atomic mass is 10.2. The first-order chi connectivity index (χ1) is 7.31. The lowest BCUT2D eigenvalue weighted by Crippen LogP contribution is -2.25. The van der Waals surface area contributed by atoms with Crippen LogP contribution < -0.4 is 0 Å². The number of fused-ring (bicyclic) bond motifs is 1. The Morgan fingerprint density at radius 2 is 1.69 bits per heavy atom. The molecule has 0 bridgehead atoms. The van der Waals surface area contributed by atoms with E-state index in [2.05, 4.69) is 6.58 Å². The van der Waals surface area contributed by atoms with Crippen molar-refractivity contribution in [1.82, 2.24) is 3.71 Å². The first-order valence-corrected chi connectivity index (χ1v) is 7.20. The molecule has 1 aromatic carbocycles. The lowest BCUT2D eigenvalue weighted by Gasteiger charge is -2.04. The minimum Gasteiger partial charge on any atom is -0.206 e. The monoisotopic (exact) mass is 259 g/mol. The molecule has 0 saturated heterocycles. The van der Waals surface area contributed by atoms with Crippen LogP contribution in [0.4, 0.5) is 0 Å². The predicted octanol–water partition coefficient (Wildman–Crippen LogP) is 0.652. The zero-order chi connectivity index (χ0) is 12.1. The standard InChI is InChI=1S/C9H9NO4S2/c1-3-7-4-5-8-9(6-7)16(13,14)10(2)15(8,11)12/h3-6H,1H2,2H3. The Bertz CT molecular complexity index is 673. The summed E-state index contributed by atoms with van der Waals surface area (Å²) in [5.74, 6) is 0. The van der Waals surface area contributed by atoms with Gasteiger partial charge in [0.1, 0.15) is 9.79 Å². The van der Waals surface area contributed by atoms with Gasteiger partial charge in [-0.1, -0.05) is 22.4 Å². The molecule has 1 aromatic rings. The summed E-state index contributed by atoms with van der Waals surface area (Å²) in [7, 11) is -6.81. The quantitative estimate of drug-likeness (QED) is 0.742. The van der Waals surface area contributed by atoms with Gasteiger partial charge in [0.15, 0.2) is 0 Å². The van der Waals surface area contributed by atoms with Gasteiger partial charge in [-0.3, -0.25) is 0 Å². The largest absolute Gasteiger partial charge is 0.257 e. The minimum absolute atomic E-state index is 0.180. The van der Waals surface area contributed by atoms with Gasteiger partial charge in [-0.15, -0.1) is 0 Å². The third-order valence-corrected chi connectivity index (χ3v) is 6.90. The van der Waals surface area contributed by atoms with Gasteiger partial charge in [0.05, 0.1) is 0 Å². The average molecular weight is 259 g/mol. The zero-order valence-corrected chi connectivity index (χ0v) is 10.0. The highest BCUT2D eigenvalue weighted by Gasteiger charge is 2.44. The molecule has 0 aliphatic carbocycles. The SMILES string of the molecule is C=Cc1ccc2c(c1)S(=O)(=O)N(C)S2(=O)=O. The highest BCUT2D eigenvalue weighted by molar-refractivity contribution is 8.06. The van der Waals surface area contributed by atoms with Crippen molar-refractivity contribution in [3.05, 3.63) is 30.3 Å². The van der Waals surface area contributed by atoms with Crippen molar-refractivity contribution >= 4 is 26.1 Å². The molecule has 1 heterocycles. The van der Waals surface area contributed by atoms with E-state index in [1.807, 2.05) is 0 Å². The third-order valence-electron chi connectivity index (χ3n) is 2.44. The average Bonchev–Trinajstić information content (AvgIpc) is 2.38. The molecule has 0 spiro atoms. The minimum atomic E-state index is -3.93. The van der Waals surface area contributed by atoms with Crippen molar-refractivity contribution in [2.75, 3.05) is 7.05 Å². The van der Waals surface area contributed by atoms with Gasteiger partial charge in [-0.2, -0.15) is 0 Å². The van der Waals surface area contributed by atoms with Crippen LogP contribution in [0.15, 0.2) is 34.6 Å². The van der Waals surface area contributed by atoms with Crippen LogP contribution in [0.25, 0.3) is 6.08 Å². The van der Waals surface area contributed by atoms with Gasteiger partial charge < -0.3 is 0 Å². The molecule has 0 aromatic heterocycles. The predicted molar refractivity (Wildman–Crippen MR) is 58.7 cm³/mol. The molecule has 0 amide bonds. The smallest absolute Gasteiger partial charge is 0.206 e. The van der Waals surface area contributed by atoms with E-state index in [0.29, 0.717) is 9.27 Å². The van der Waals surface area contributed by atoms with Crippen molar-refractivity contribution in [2.24, 2.45) is 0 Å². The molecule has 0 atom stereocenters. The first-order valence-electron chi connectivity index (χ1n) is 4.32. The van der Waals surface area contributed by atoms with E-state index < -0.39 is 20.0 Å². The fourth-order valence-corrected chi connectivity index (χ4v) is 5.33. The van der Waals surface area contributed by atoms with E-state index in [-0.39, 0.29) is 9.79 Å². The van der Waals surface area contributed by atoms with Crippen molar-refractivity contribution in [3.8, 4) is 0 Å². The Morgan fingerprint density at radius 1 is 1.12 bits per heavy atom. The molecule has 0 fully saturated rings. The maximum absolute atomic E-state index is 11.8. The van der Waals surface area contributed by atoms with E-state index in [9.17, 15) is 16.8 Å². The molecule has 16 heavy (non-hydrogen) atoms. The van der Waals surface area contributed by atoms with Crippen molar-refractivity contribution < 1.29 is 16.8 Å². The van der Waals surface area contributed by atoms with E-state index >= 15 is 0 Å². The van der Waals surface area contributed by atoms with Crippen LogP contribution in [0.5, 0.6) is 0 Å². The summed E-state index contributed by atoms with van der Waals surface area (Å²) in [5, 5.41) is 0. The first kappa shape index (κ1) is 11.3. The van der Waals surface area contributed by atoms with Crippen LogP contribution in [0.1, 0.15) is 5.56 Å². The van der Waals surface area contributed by atoms with Crippen LogP contribution in [-0.2, 0) is 20.0 Å². The second-order valence-corrected chi connectivity index (χ2v) is 7.41. The fourth-order valence-electron chi connectivity index (χ4n) is 1.47. The number of benzene rings is 1. The normalized spacial score (nSPS) is 21.6. The summed E-state index contributed by atoms with van der Waals surface area (Å²) in [6, 6.07) is 4.10. The molecule has 7 heteroatoms. The van der Waals surface area contributed by atoms with Crippen LogP contribution in [0.2, 0.25) is 0 Å². The van der Waals surface area contributed by atoms with E-state index in [1.165, 1.54) is 24.3 Å². The van der Waals surface area contributed by atoms with Crippen LogP contribution in [0, 0.1) is 0 Å². The molecule has 2 rings (SSSR count). The molecular weight excluding hydrogens is 250 g/mol. The summed E-state index contributed by atoms with van der Waals surface area (Å²) < 4.78 is 47.4. The maximum Gasteiger partial charge on any atom is 0.257 e. The maximum atomic E-state index is 11.8. The Morgan fingerprint density at radius 3 is 2.25 bits per heavy atom. The number of nitrogens with zero attached hydrogens (tertiary/aromatic N) is 1. The van der Waals surface area contributed by atoms with Gasteiger partial charge in [-0.05, 0) is 17.7 Å². The van der Waals surface area contributed by atoms with Crippen molar-refractivity contribution in [2.45, 2.75) is 9.79 Å². The van der Waals surface area contributed by atoms with Gasteiger partial charge in [0, 0.05) is 7.05 Å². The van der Waals surface area contributed by atoms with E-state index in [1.54, 1.807) is 0 Å². The molecule has 1 aliphatic heterocycles. The second-order valence-electron chi connectivity index (χ2n) is 3.30. The summed E-state index contributed by atoms with van der Waals surface area (Å²) in [5.41, 5.74) is 0.563.